The first kappa shape index (κ1) is 28.6. The summed E-state index contributed by atoms with van der Waals surface area (Å²) in [5.74, 6) is -1.24. The van der Waals surface area contributed by atoms with Crippen molar-refractivity contribution in [3.05, 3.63) is 72.4 Å². The summed E-state index contributed by atoms with van der Waals surface area (Å²) in [7, 11) is 1.77. The molecule has 2 fully saturated rings. The largest absolute Gasteiger partial charge is 0.415 e. The Hall–Kier alpha value is -4.56. The molecule has 1 aromatic carbocycles. The molecule has 1 amide bonds. The number of hydrogen-bond acceptors (Lipinski definition) is 10. The van der Waals surface area contributed by atoms with Gasteiger partial charge in [-0.25, -0.2) is 4.39 Å². The molecule has 14 heteroatoms. The van der Waals surface area contributed by atoms with Gasteiger partial charge in [0.05, 0.1) is 66.0 Å². The molecule has 43 heavy (non-hydrogen) atoms. The minimum Gasteiger partial charge on any atom is -0.415 e. The van der Waals surface area contributed by atoms with Crippen LogP contribution >= 0.6 is 0 Å². The van der Waals surface area contributed by atoms with Crippen molar-refractivity contribution in [1.82, 2.24) is 25.1 Å². The minimum atomic E-state index is -2.87. The number of halogens is 3. The van der Waals surface area contributed by atoms with Crippen LogP contribution in [-0.4, -0.2) is 84.0 Å². The number of piperazine rings is 1. The number of benzene rings is 1. The van der Waals surface area contributed by atoms with E-state index in [1.54, 1.807) is 54.7 Å². The van der Waals surface area contributed by atoms with E-state index < -0.39 is 18.1 Å². The zero-order valence-corrected chi connectivity index (χ0v) is 23.3. The molecule has 0 N–H and O–H groups in total. The molecule has 11 nitrogen and oxygen atoms in total. The van der Waals surface area contributed by atoms with E-state index in [4.69, 9.17) is 9.15 Å². The quantitative estimate of drug-likeness (QED) is 0.250. The van der Waals surface area contributed by atoms with Crippen molar-refractivity contribution in [1.29, 1.82) is 0 Å². The number of nitrogens with zero attached hydrogens (tertiary/aromatic N) is 8. The first-order valence-electron chi connectivity index (χ1n) is 13.7. The molecule has 0 spiro atoms. The van der Waals surface area contributed by atoms with Crippen molar-refractivity contribution in [2.24, 2.45) is 0 Å². The summed E-state index contributed by atoms with van der Waals surface area (Å²) in [6, 6.07) is 10.4. The van der Waals surface area contributed by atoms with Crippen LogP contribution in [0.3, 0.4) is 0 Å². The Balaban J connectivity index is 1.27. The molecule has 0 saturated carbocycles. The molecule has 0 unspecified atom stereocenters. The highest BCUT2D eigenvalue weighted by Crippen LogP contribution is 2.39. The van der Waals surface area contributed by atoms with Crippen molar-refractivity contribution < 1.29 is 27.1 Å². The van der Waals surface area contributed by atoms with E-state index in [0.29, 0.717) is 59.5 Å². The number of hydrogen-bond donors (Lipinski definition) is 0. The maximum Gasteiger partial charge on any atom is 0.314 e. The average Bonchev–Trinajstić information content (AvgIpc) is 3.50. The third-order valence-corrected chi connectivity index (χ3v) is 7.63. The lowest BCUT2D eigenvalue weighted by molar-refractivity contribution is -0.106. The van der Waals surface area contributed by atoms with Crippen LogP contribution in [-0.2, 0) is 16.1 Å². The van der Waals surface area contributed by atoms with E-state index in [-0.39, 0.29) is 12.4 Å². The summed E-state index contributed by atoms with van der Waals surface area (Å²) in [4.78, 5) is 28.6. The van der Waals surface area contributed by atoms with Gasteiger partial charge in [-0.1, -0.05) is 0 Å². The number of pyridine rings is 2. The maximum absolute atomic E-state index is 15.8. The van der Waals surface area contributed by atoms with Crippen molar-refractivity contribution in [2.45, 2.75) is 19.0 Å². The molecule has 6 rings (SSSR count). The van der Waals surface area contributed by atoms with Crippen molar-refractivity contribution in [3.8, 4) is 11.5 Å². The highest BCUT2D eigenvalue weighted by atomic mass is 19.3. The van der Waals surface area contributed by atoms with E-state index in [2.05, 4.69) is 25.1 Å². The second-order valence-corrected chi connectivity index (χ2v) is 10.3. The lowest BCUT2D eigenvalue weighted by Gasteiger charge is -2.43. The predicted octanol–water partition coefficient (Wildman–Crippen LogP) is 4.06. The molecule has 2 saturated heterocycles. The predicted molar refractivity (Wildman–Crippen MR) is 152 cm³/mol. The third kappa shape index (κ3) is 6.01. The van der Waals surface area contributed by atoms with Gasteiger partial charge in [-0.2, -0.15) is 8.78 Å². The van der Waals surface area contributed by atoms with Crippen molar-refractivity contribution in [2.75, 3.05) is 61.1 Å². The smallest absolute Gasteiger partial charge is 0.314 e. The number of anilines is 4. The van der Waals surface area contributed by atoms with Crippen LogP contribution in [0.15, 0.2) is 59.4 Å². The molecule has 224 valence electrons. The number of rotatable bonds is 10. The van der Waals surface area contributed by atoms with E-state index in [9.17, 15) is 13.6 Å². The summed E-state index contributed by atoms with van der Waals surface area (Å²) in [6.07, 6.45) is 2.44. The molecule has 0 radical (unpaired) electrons. The molecule has 2 aliphatic rings. The molecule has 0 bridgehead atoms. The molecule has 2 aliphatic heterocycles. The van der Waals surface area contributed by atoms with Gasteiger partial charge >= 0.3 is 6.43 Å². The lowest BCUT2D eigenvalue weighted by atomic mass is 10.1. The molecule has 4 aromatic rings. The Morgan fingerprint density at radius 2 is 1.88 bits per heavy atom. The van der Waals surface area contributed by atoms with E-state index in [1.165, 1.54) is 17.2 Å². The maximum atomic E-state index is 15.8. The highest BCUT2D eigenvalue weighted by molar-refractivity contribution is 5.93. The summed E-state index contributed by atoms with van der Waals surface area (Å²) in [5, 5.41) is 6.99. The first-order valence-corrected chi connectivity index (χ1v) is 13.7. The molecule has 0 atom stereocenters. The zero-order chi connectivity index (χ0) is 29.9. The number of amides is 1. The van der Waals surface area contributed by atoms with E-state index in [1.807, 2.05) is 4.90 Å². The van der Waals surface area contributed by atoms with Gasteiger partial charge in [-0.15, -0.1) is 10.2 Å². The monoisotopic (exact) mass is 594 g/mol. The van der Waals surface area contributed by atoms with Gasteiger partial charge in [0, 0.05) is 51.7 Å². The summed E-state index contributed by atoms with van der Waals surface area (Å²) in [5.41, 5.74) is 2.88. The van der Waals surface area contributed by atoms with Crippen molar-refractivity contribution in [3.63, 3.8) is 0 Å². The van der Waals surface area contributed by atoms with Gasteiger partial charge < -0.3 is 19.0 Å². The van der Waals surface area contributed by atoms with Crippen LogP contribution in [0.4, 0.5) is 35.9 Å². The first-order chi connectivity index (χ1) is 20.9. The fraction of sp³-hybridized carbons (Fsp3) is 0.345. The second-order valence-electron chi connectivity index (χ2n) is 10.3. The number of carbonyl (C=O) groups excluding carboxylic acids is 1. The number of aromatic nitrogens is 4. The van der Waals surface area contributed by atoms with Gasteiger partial charge in [0.15, 0.2) is 0 Å². The molecule has 0 aliphatic carbocycles. The van der Waals surface area contributed by atoms with Gasteiger partial charge in [-0.3, -0.25) is 24.6 Å². The van der Waals surface area contributed by atoms with Crippen LogP contribution in [0, 0.1) is 5.82 Å². The Morgan fingerprint density at radius 3 is 2.49 bits per heavy atom. The zero-order valence-electron chi connectivity index (χ0n) is 23.3. The molecule has 5 heterocycles. The highest BCUT2D eigenvalue weighted by Gasteiger charge is 2.30. The SMILES string of the molecule is CN(Cc1ccc(-c2nnc(C(F)F)o2)cn1)c1cc(F)c(N2CCN(C3COC3)CC2)cc1N(C=O)c1cccnc1. The second kappa shape index (κ2) is 12.4. The minimum absolute atomic E-state index is 0.0670. The normalized spacial score (nSPS) is 15.9. The Morgan fingerprint density at radius 1 is 1.07 bits per heavy atom. The van der Waals surface area contributed by atoms with E-state index in [0.717, 1.165) is 26.3 Å². The number of ether oxygens (including phenoxy) is 1. The standard InChI is InChI=1S/C29H29F3N8O3/c1-37(15-20-5-4-19(13-34-20)28-35-36-29(43-28)27(31)32)25-11-23(30)24(39-9-7-38(8-10-39)22-16-42-17-22)12-26(25)40(18-41)21-3-2-6-33-14-21/h2-6,11-14,18,22,27H,7-10,15-17H2,1H3. The Bertz CT molecular complexity index is 1540. The van der Waals surface area contributed by atoms with Gasteiger partial charge in [-0.05, 0) is 30.3 Å². The third-order valence-electron chi connectivity index (χ3n) is 7.63. The molecule has 3 aromatic heterocycles. The summed E-state index contributed by atoms with van der Waals surface area (Å²) in [6.45, 7) is 4.58. The van der Waals surface area contributed by atoms with Crippen LogP contribution in [0.5, 0.6) is 0 Å². The number of alkyl halides is 2. The average molecular weight is 595 g/mol. The Labute approximate surface area is 245 Å². The number of carbonyl (C=O) groups is 1. The fourth-order valence-electron chi connectivity index (χ4n) is 5.21. The van der Waals surface area contributed by atoms with Crippen LogP contribution in [0.1, 0.15) is 18.0 Å². The van der Waals surface area contributed by atoms with Crippen LogP contribution in [0.25, 0.3) is 11.5 Å². The summed E-state index contributed by atoms with van der Waals surface area (Å²) < 4.78 is 51.8. The van der Waals surface area contributed by atoms with Crippen molar-refractivity contribution >= 4 is 29.2 Å². The van der Waals surface area contributed by atoms with Gasteiger partial charge in [0.25, 0.3) is 5.89 Å². The van der Waals surface area contributed by atoms with Crippen LogP contribution in [0.2, 0.25) is 0 Å². The van der Waals surface area contributed by atoms with Crippen LogP contribution < -0.4 is 14.7 Å². The van der Waals surface area contributed by atoms with E-state index >= 15 is 4.39 Å². The lowest BCUT2D eigenvalue weighted by Crippen LogP contribution is -2.56. The van der Waals surface area contributed by atoms with Gasteiger partial charge in [0.2, 0.25) is 12.3 Å². The van der Waals surface area contributed by atoms with Gasteiger partial charge in [0.1, 0.15) is 5.82 Å². The fourth-order valence-corrected chi connectivity index (χ4v) is 5.21. The topological polar surface area (TPSA) is 104 Å². The molecular weight excluding hydrogens is 565 g/mol. The summed E-state index contributed by atoms with van der Waals surface area (Å²) >= 11 is 0. The Kier molecular flexibility index (Phi) is 8.20. The molecular formula is C29H29F3N8O3.